The lowest BCUT2D eigenvalue weighted by Gasteiger charge is -2.29. The highest BCUT2D eigenvalue weighted by atomic mass is 16.5. The van der Waals surface area contributed by atoms with Crippen molar-refractivity contribution in [3.05, 3.63) is 102 Å². The van der Waals surface area contributed by atoms with E-state index in [1.807, 2.05) is 48.5 Å². The molecular formula is C28H35NO2. The summed E-state index contributed by atoms with van der Waals surface area (Å²) in [5.41, 5.74) is 2.38. The summed E-state index contributed by atoms with van der Waals surface area (Å²) in [5, 5.41) is 11.8. The fourth-order valence-corrected chi connectivity index (χ4v) is 3.96. The first-order valence-corrected chi connectivity index (χ1v) is 11.4. The van der Waals surface area contributed by atoms with Gasteiger partial charge >= 0.3 is 0 Å². The number of aryl methyl sites for hydroxylation is 1. The molecule has 0 aromatic heterocycles. The Morgan fingerprint density at radius 1 is 0.774 bits per heavy atom. The number of benzene rings is 3. The van der Waals surface area contributed by atoms with E-state index in [9.17, 15) is 5.11 Å². The van der Waals surface area contributed by atoms with Gasteiger partial charge in [0.15, 0.2) is 0 Å². The molecule has 0 heterocycles. The lowest BCUT2D eigenvalue weighted by atomic mass is 9.82. The van der Waals surface area contributed by atoms with Crippen LogP contribution in [0.15, 0.2) is 84.9 Å². The Kier molecular flexibility index (Phi) is 8.69. The van der Waals surface area contributed by atoms with Crippen molar-refractivity contribution in [3.8, 4) is 5.75 Å². The standard InChI is InChI=1S/C28H35NO2/c1-3-29(4-2)21-22-31-27-17-15-26(16-18-27)28(30,23-25-13-9-6-10-14-25)20-19-24-11-7-5-8-12-24/h5-18,30H,3-4,19-23H2,1-2H3. The van der Waals surface area contributed by atoms with Crippen molar-refractivity contribution in [2.75, 3.05) is 26.2 Å². The van der Waals surface area contributed by atoms with Gasteiger partial charge in [-0.3, -0.25) is 0 Å². The number of ether oxygens (including phenoxy) is 1. The van der Waals surface area contributed by atoms with Crippen molar-refractivity contribution in [2.45, 2.75) is 38.7 Å². The molecule has 3 nitrogen and oxygen atoms in total. The average molecular weight is 418 g/mol. The second-order valence-electron chi connectivity index (χ2n) is 8.08. The molecule has 0 aliphatic rings. The summed E-state index contributed by atoms with van der Waals surface area (Å²) in [6.45, 7) is 8.00. The van der Waals surface area contributed by atoms with E-state index in [0.717, 1.165) is 42.9 Å². The third-order valence-corrected chi connectivity index (χ3v) is 5.97. The van der Waals surface area contributed by atoms with Gasteiger partial charge in [0.25, 0.3) is 0 Å². The van der Waals surface area contributed by atoms with Crippen LogP contribution in [-0.2, 0) is 18.4 Å². The Morgan fingerprint density at radius 2 is 1.35 bits per heavy atom. The minimum absolute atomic E-state index is 0.586. The number of hydrogen-bond acceptors (Lipinski definition) is 3. The Hall–Kier alpha value is -2.62. The predicted octanol–water partition coefficient (Wildman–Crippen LogP) is 5.47. The summed E-state index contributed by atoms with van der Waals surface area (Å²) in [4.78, 5) is 2.34. The first-order chi connectivity index (χ1) is 15.1. The van der Waals surface area contributed by atoms with Gasteiger partial charge in [0.2, 0.25) is 0 Å². The summed E-state index contributed by atoms with van der Waals surface area (Å²) in [5.74, 6) is 0.848. The molecule has 0 aliphatic carbocycles. The maximum absolute atomic E-state index is 11.8. The molecule has 1 atom stereocenters. The fourth-order valence-electron chi connectivity index (χ4n) is 3.96. The van der Waals surface area contributed by atoms with Crippen molar-refractivity contribution in [3.63, 3.8) is 0 Å². The minimum atomic E-state index is -0.934. The zero-order chi connectivity index (χ0) is 21.9. The molecule has 1 N–H and O–H groups in total. The molecule has 3 rings (SSSR count). The number of aliphatic hydroxyl groups is 1. The molecule has 0 saturated heterocycles. The van der Waals surface area contributed by atoms with Gasteiger partial charge in [-0.05, 0) is 54.8 Å². The van der Waals surface area contributed by atoms with Crippen LogP contribution in [-0.4, -0.2) is 36.2 Å². The average Bonchev–Trinajstić information content (AvgIpc) is 2.82. The maximum atomic E-state index is 11.8. The lowest BCUT2D eigenvalue weighted by molar-refractivity contribution is 0.0279. The number of nitrogens with zero attached hydrogens (tertiary/aromatic N) is 1. The molecule has 3 heteroatoms. The fraction of sp³-hybridized carbons (Fsp3) is 0.357. The quantitative estimate of drug-likeness (QED) is 0.424. The van der Waals surface area contributed by atoms with Crippen LogP contribution in [0.1, 0.15) is 37.0 Å². The van der Waals surface area contributed by atoms with Gasteiger partial charge in [-0.2, -0.15) is 0 Å². The van der Waals surface area contributed by atoms with E-state index < -0.39 is 5.60 Å². The summed E-state index contributed by atoms with van der Waals surface area (Å²) in [6, 6.07) is 28.6. The molecule has 31 heavy (non-hydrogen) atoms. The van der Waals surface area contributed by atoms with Gasteiger partial charge in [-0.1, -0.05) is 86.6 Å². The van der Waals surface area contributed by atoms with Crippen molar-refractivity contribution in [1.29, 1.82) is 0 Å². The van der Waals surface area contributed by atoms with Crippen molar-refractivity contribution >= 4 is 0 Å². The van der Waals surface area contributed by atoms with E-state index in [-0.39, 0.29) is 0 Å². The monoisotopic (exact) mass is 417 g/mol. The summed E-state index contributed by atoms with van der Waals surface area (Å²) < 4.78 is 5.93. The molecule has 0 aliphatic heterocycles. The number of hydrogen-bond donors (Lipinski definition) is 1. The molecule has 1 unspecified atom stereocenters. The van der Waals surface area contributed by atoms with Crippen LogP contribution in [0.5, 0.6) is 5.75 Å². The van der Waals surface area contributed by atoms with Crippen LogP contribution >= 0.6 is 0 Å². The first kappa shape index (κ1) is 23.1. The van der Waals surface area contributed by atoms with Crippen LogP contribution < -0.4 is 4.74 Å². The van der Waals surface area contributed by atoms with E-state index in [0.29, 0.717) is 19.4 Å². The van der Waals surface area contributed by atoms with Crippen LogP contribution in [0.4, 0.5) is 0 Å². The van der Waals surface area contributed by atoms with E-state index in [1.54, 1.807) is 0 Å². The summed E-state index contributed by atoms with van der Waals surface area (Å²) >= 11 is 0. The summed E-state index contributed by atoms with van der Waals surface area (Å²) in [6.07, 6.45) is 2.07. The normalized spacial score (nSPS) is 13.2. The van der Waals surface area contributed by atoms with Gasteiger partial charge in [-0.25, -0.2) is 0 Å². The van der Waals surface area contributed by atoms with Crippen molar-refractivity contribution < 1.29 is 9.84 Å². The second kappa shape index (κ2) is 11.7. The van der Waals surface area contributed by atoms with Crippen molar-refractivity contribution in [1.82, 2.24) is 4.90 Å². The van der Waals surface area contributed by atoms with E-state index in [1.165, 1.54) is 5.56 Å². The molecule has 0 fully saturated rings. The van der Waals surface area contributed by atoms with E-state index in [4.69, 9.17) is 4.74 Å². The Balaban J connectivity index is 1.71. The largest absolute Gasteiger partial charge is 0.492 e. The first-order valence-electron chi connectivity index (χ1n) is 11.4. The van der Waals surface area contributed by atoms with Crippen molar-refractivity contribution in [2.24, 2.45) is 0 Å². The minimum Gasteiger partial charge on any atom is -0.492 e. The molecule has 3 aromatic carbocycles. The number of likely N-dealkylation sites (N-methyl/N-ethyl adjacent to an activating group) is 1. The third-order valence-electron chi connectivity index (χ3n) is 5.97. The Morgan fingerprint density at radius 3 is 1.94 bits per heavy atom. The molecule has 0 amide bonds. The second-order valence-corrected chi connectivity index (χ2v) is 8.08. The maximum Gasteiger partial charge on any atom is 0.119 e. The summed E-state index contributed by atoms with van der Waals surface area (Å²) in [7, 11) is 0. The zero-order valence-electron chi connectivity index (χ0n) is 18.8. The van der Waals surface area contributed by atoms with E-state index in [2.05, 4.69) is 55.1 Å². The van der Waals surface area contributed by atoms with Crippen LogP contribution in [0.25, 0.3) is 0 Å². The van der Waals surface area contributed by atoms with Crippen LogP contribution in [0.2, 0.25) is 0 Å². The predicted molar refractivity (Wildman–Crippen MR) is 129 cm³/mol. The molecule has 0 bridgehead atoms. The number of rotatable bonds is 12. The topological polar surface area (TPSA) is 32.7 Å². The molecule has 0 spiro atoms. The SMILES string of the molecule is CCN(CC)CCOc1ccc(C(O)(CCc2ccccc2)Cc2ccccc2)cc1. The van der Waals surface area contributed by atoms with Gasteiger partial charge in [0, 0.05) is 13.0 Å². The van der Waals surface area contributed by atoms with Gasteiger partial charge in [0.1, 0.15) is 12.4 Å². The smallest absolute Gasteiger partial charge is 0.119 e. The molecular weight excluding hydrogens is 382 g/mol. The van der Waals surface area contributed by atoms with Crippen LogP contribution in [0.3, 0.4) is 0 Å². The van der Waals surface area contributed by atoms with Gasteiger partial charge < -0.3 is 14.7 Å². The van der Waals surface area contributed by atoms with Gasteiger partial charge in [0.05, 0.1) is 5.60 Å². The highest BCUT2D eigenvalue weighted by molar-refractivity contribution is 5.33. The molecule has 3 aromatic rings. The molecule has 0 radical (unpaired) electrons. The zero-order valence-corrected chi connectivity index (χ0v) is 18.8. The van der Waals surface area contributed by atoms with Gasteiger partial charge in [-0.15, -0.1) is 0 Å². The van der Waals surface area contributed by atoms with E-state index >= 15 is 0 Å². The molecule has 0 saturated carbocycles. The highest BCUT2D eigenvalue weighted by Gasteiger charge is 2.29. The molecule has 164 valence electrons. The van der Waals surface area contributed by atoms with Crippen LogP contribution in [0, 0.1) is 0 Å². The third kappa shape index (κ3) is 6.95. The Labute approximate surface area is 187 Å². The Bertz CT molecular complexity index is 876. The highest BCUT2D eigenvalue weighted by Crippen LogP contribution is 2.32. The lowest BCUT2D eigenvalue weighted by Crippen LogP contribution is -2.29.